The van der Waals surface area contributed by atoms with Gasteiger partial charge in [0, 0.05) is 5.69 Å². The van der Waals surface area contributed by atoms with Gasteiger partial charge in [0.1, 0.15) is 0 Å². The summed E-state index contributed by atoms with van der Waals surface area (Å²) < 4.78 is 21.1. The number of esters is 1. The molecule has 0 aliphatic heterocycles. The van der Waals surface area contributed by atoms with Gasteiger partial charge in [-0.2, -0.15) is 0 Å². The molecule has 0 fully saturated rings. The van der Waals surface area contributed by atoms with Gasteiger partial charge in [-0.15, -0.1) is 0 Å². The van der Waals surface area contributed by atoms with Gasteiger partial charge in [-0.05, 0) is 42.2 Å². The van der Waals surface area contributed by atoms with Crippen molar-refractivity contribution in [1.82, 2.24) is 0 Å². The van der Waals surface area contributed by atoms with E-state index in [1.807, 2.05) is 12.1 Å². The predicted octanol–water partition coefficient (Wildman–Crippen LogP) is 3.05. The lowest BCUT2D eigenvalue weighted by Gasteiger charge is -2.19. The van der Waals surface area contributed by atoms with Crippen LogP contribution in [0.3, 0.4) is 0 Å². The molecule has 2 aromatic carbocycles. The highest BCUT2D eigenvalue weighted by molar-refractivity contribution is 5.97. The van der Waals surface area contributed by atoms with E-state index in [-0.39, 0.29) is 28.2 Å². The molecule has 9 nitrogen and oxygen atoms in total. The molecule has 33 heavy (non-hydrogen) atoms. The molecule has 2 aromatic rings. The summed E-state index contributed by atoms with van der Waals surface area (Å²) in [6.45, 7) is 7.37. The highest BCUT2D eigenvalue weighted by atomic mass is 16.6. The highest BCUT2D eigenvalue weighted by Crippen LogP contribution is 2.38. The maximum atomic E-state index is 12.7. The van der Waals surface area contributed by atoms with Gasteiger partial charge in [0.05, 0.1) is 19.8 Å². The molecule has 3 N–H and O–H groups in total. The smallest absolute Gasteiger partial charge is 0.339 e. The Morgan fingerprint density at radius 2 is 1.55 bits per heavy atom. The van der Waals surface area contributed by atoms with Gasteiger partial charge in [-0.25, -0.2) is 4.79 Å². The second kappa shape index (κ2) is 10.7. The molecule has 0 aromatic heterocycles. The summed E-state index contributed by atoms with van der Waals surface area (Å²) in [4.78, 5) is 36.2. The molecule has 2 rings (SSSR count). The van der Waals surface area contributed by atoms with E-state index in [1.165, 1.54) is 33.3 Å². The van der Waals surface area contributed by atoms with Crippen molar-refractivity contribution in [2.45, 2.75) is 39.2 Å². The van der Waals surface area contributed by atoms with Crippen LogP contribution in [0.15, 0.2) is 36.4 Å². The topological polar surface area (TPSA) is 126 Å². The van der Waals surface area contributed by atoms with Crippen molar-refractivity contribution in [2.75, 3.05) is 26.1 Å². The van der Waals surface area contributed by atoms with Gasteiger partial charge in [0.25, 0.3) is 11.8 Å². The molecule has 0 heterocycles. The van der Waals surface area contributed by atoms with Gasteiger partial charge in [-0.1, -0.05) is 32.9 Å². The standard InChI is InChI=1S/C24H30N2O7/c1-14(22(28)26-17-9-7-16(8-10-17)24(2,3)4)33-23(29)15-11-18(30-5)21(19(12-15)31-6)32-13-20(25)27/h7-12,14H,13H2,1-6H3,(H2,25,27)(H,26,28). The van der Waals surface area contributed by atoms with Crippen molar-refractivity contribution < 1.29 is 33.3 Å². The molecular weight excluding hydrogens is 428 g/mol. The SMILES string of the molecule is COc1cc(C(=O)OC(C)C(=O)Nc2ccc(C(C)(C)C)cc2)cc(OC)c1OCC(N)=O. The number of ether oxygens (including phenoxy) is 4. The Balaban J connectivity index is 2.11. The van der Waals surface area contributed by atoms with Gasteiger partial charge in [-0.3, -0.25) is 9.59 Å². The second-order valence-corrected chi connectivity index (χ2v) is 8.33. The van der Waals surface area contributed by atoms with Crippen molar-refractivity contribution >= 4 is 23.5 Å². The monoisotopic (exact) mass is 458 g/mol. The Kier molecular flexibility index (Phi) is 8.28. The Hall–Kier alpha value is -3.75. The van der Waals surface area contributed by atoms with Crippen molar-refractivity contribution in [3.63, 3.8) is 0 Å². The van der Waals surface area contributed by atoms with Gasteiger partial charge in [0.15, 0.2) is 24.2 Å². The van der Waals surface area contributed by atoms with Crippen molar-refractivity contribution in [2.24, 2.45) is 5.73 Å². The van der Waals surface area contributed by atoms with Crippen LogP contribution < -0.4 is 25.3 Å². The van der Waals surface area contributed by atoms with Gasteiger partial charge < -0.3 is 30.0 Å². The van der Waals surface area contributed by atoms with Crippen molar-refractivity contribution in [3.8, 4) is 17.2 Å². The third-order valence-electron chi connectivity index (χ3n) is 4.73. The molecule has 0 aliphatic carbocycles. The summed E-state index contributed by atoms with van der Waals surface area (Å²) in [7, 11) is 2.73. The lowest BCUT2D eigenvalue weighted by molar-refractivity contribution is -0.123. The molecule has 178 valence electrons. The van der Waals surface area contributed by atoms with Gasteiger partial charge >= 0.3 is 5.97 Å². The van der Waals surface area contributed by atoms with Crippen LogP contribution >= 0.6 is 0 Å². The maximum Gasteiger partial charge on any atom is 0.339 e. The Morgan fingerprint density at radius 3 is 2.00 bits per heavy atom. The van der Waals surface area contributed by atoms with Crippen molar-refractivity contribution in [3.05, 3.63) is 47.5 Å². The molecule has 9 heteroatoms. The summed E-state index contributed by atoms with van der Waals surface area (Å²) in [5.74, 6) is -1.54. The van der Waals surface area contributed by atoms with Crippen LogP contribution in [0, 0.1) is 0 Å². The minimum atomic E-state index is -1.07. The van der Waals surface area contributed by atoms with E-state index in [0.29, 0.717) is 5.69 Å². The maximum absolute atomic E-state index is 12.7. The van der Waals surface area contributed by atoms with Crippen LogP contribution in [0.1, 0.15) is 43.6 Å². The minimum Gasteiger partial charge on any atom is -0.493 e. The normalized spacial score (nSPS) is 11.8. The first-order chi connectivity index (χ1) is 15.5. The Bertz CT molecular complexity index is 985. The Labute approximate surface area is 193 Å². The highest BCUT2D eigenvalue weighted by Gasteiger charge is 2.23. The van der Waals surface area contributed by atoms with Crippen LogP contribution in [-0.2, 0) is 19.7 Å². The summed E-state index contributed by atoms with van der Waals surface area (Å²) in [6.07, 6.45) is -1.07. The molecule has 0 saturated carbocycles. The van der Waals surface area contributed by atoms with Crippen molar-refractivity contribution in [1.29, 1.82) is 0 Å². The fraction of sp³-hybridized carbons (Fsp3) is 0.375. The van der Waals surface area contributed by atoms with Crippen LogP contribution in [0.2, 0.25) is 0 Å². The average Bonchev–Trinajstić information content (AvgIpc) is 2.76. The molecular formula is C24H30N2O7. The lowest BCUT2D eigenvalue weighted by atomic mass is 9.87. The largest absolute Gasteiger partial charge is 0.493 e. The molecule has 1 atom stereocenters. The number of primary amides is 1. The third-order valence-corrected chi connectivity index (χ3v) is 4.73. The average molecular weight is 459 g/mol. The van der Waals surface area contributed by atoms with Gasteiger partial charge in [0.2, 0.25) is 5.75 Å². The summed E-state index contributed by atoms with van der Waals surface area (Å²) in [5.41, 5.74) is 6.90. The zero-order chi connectivity index (χ0) is 24.8. The lowest BCUT2D eigenvalue weighted by Crippen LogP contribution is -2.30. The number of benzene rings is 2. The first-order valence-corrected chi connectivity index (χ1v) is 10.3. The third kappa shape index (κ3) is 6.86. The fourth-order valence-corrected chi connectivity index (χ4v) is 2.86. The zero-order valence-corrected chi connectivity index (χ0v) is 19.7. The van der Waals surface area contributed by atoms with E-state index in [0.717, 1.165) is 5.56 Å². The second-order valence-electron chi connectivity index (χ2n) is 8.33. The van der Waals surface area contributed by atoms with E-state index in [2.05, 4.69) is 26.1 Å². The molecule has 0 bridgehead atoms. The van der Waals surface area contributed by atoms with E-state index < -0.39 is 30.5 Å². The van der Waals surface area contributed by atoms with E-state index in [4.69, 9.17) is 24.7 Å². The number of anilines is 1. The number of methoxy groups -OCH3 is 2. The Morgan fingerprint density at radius 1 is 1.00 bits per heavy atom. The van der Waals surface area contributed by atoms with Crippen LogP contribution in [0.25, 0.3) is 0 Å². The first kappa shape index (κ1) is 25.5. The number of carbonyl (C=O) groups is 3. The number of carbonyl (C=O) groups excluding carboxylic acids is 3. The minimum absolute atomic E-state index is 0.00604. The number of nitrogens with two attached hydrogens (primary N) is 1. The quantitative estimate of drug-likeness (QED) is 0.553. The molecule has 0 spiro atoms. The van der Waals surface area contributed by atoms with Crippen LogP contribution in [0.5, 0.6) is 17.2 Å². The van der Waals surface area contributed by atoms with E-state index in [9.17, 15) is 14.4 Å². The summed E-state index contributed by atoms with van der Waals surface area (Å²) in [6, 6.07) is 10.2. The number of nitrogens with one attached hydrogen (secondary N) is 1. The summed E-state index contributed by atoms with van der Waals surface area (Å²) in [5, 5.41) is 2.73. The molecule has 0 aliphatic rings. The summed E-state index contributed by atoms with van der Waals surface area (Å²) >= 11 is 0. The number of hydrogen-bond donors (Lipinski definition) is 2. The van der Waals surface area contributed by atoms with Crippen LogP contribution in [-0.4, -0.2) is 44.7 Å². The molecule has 2 amide bonds. The molecule has 1 unspecified atom stereocenters. The predicted molar refractivity (Wildman–Crippen MR) is 123 cm³/mol. The fourth-order valence-electron chi connectivity index (χ4n) is 2.86. The number of hydrogen-bond acceptors (Lipinski definition) is 7. The molecule has 0 saturated heterocycles. The molecule has 0 radical (unpaired) electrons. The number of rotatable bonds is 9. The number of amides is 2. The zero-order valence-electron chi connectivity index (χ0n) is 19.7. The van der Waals surface area contributed by atoms with E-state index >= 15 is 0 Å². The first-order valence-electron chi connectivity index (χ1n) is 10.3. The van der Waals surface area contributed by atoms with Crippen LogP contribution in [0.4, 0.5) is 5.69 Å². The van der Waals surface area contributed by atoms with E-state index in [1.54, 1.807) is 12.1 Å².